The third kappa shape index (κ3) is 3.68. The lowest BCUT2D eigenvalue weighted by molar-refractivity contribution is 1.34. The molecule has 11 rings (SSSR count). The molecule has 47 heavy (non-hydrogen) atoms. The molecule has 0 amide bonds. The molecule has 0 aliphatic heterocycles. The summed E-state index contributed by atoms with van der Waals surface area (Å²) in [6, 6.07) is 51.8. The van der Waals surface area contributed by atoms with Gasteiger partial charge in [0.25, 0.3) is 0 Å². The second-order valence-corrected chi connectivity index (χ2v) is 16.2. The van der Waals surface area contributed by atoms with E-state index in [0.717, 1.165) is 0 Å². The van der Waals surface area contributed by atoms with Crippen molar-refractivity contribution in [3.8, 4) is 0 Å². The van der Waals surface area contributed by atoms with E-state index in [1.54, 1.807) is 0 Å². The van der Waals surface area contributed by atoms with Gasteiger partial charge in [-0.05, 0) is 42.5 Å². The van der Waals surface area contributed by atoms with E-state index >= 15 is 0 Å². The van der Waals surface area contributed by atoms with Crippen molar-refractivity contribution in [2.45, 2.75) is 0 Å². The first-order valence-electron chi connectivity index (χ1n) is 15.7. The van der Waals surface area contributed by atoms with E-state index in [1.807, 2.05) is 45.3 Å². The molecule has 0 spiro atoms. The zero-order valence-electron chi connectivity index (χ0n) is 24.9. The summed E-state index contributed by atoms with van der Waals surface area (Å²) in [7, 11) is 0. The third-order valence-corrected chi connectivity index (χ3v) is 14.3. The van der Waals surface area contributed by atoms with Crippen molar-refractivity contribution >= 4 is 143 Å². The van der Waals surface area contributed by atoms with E-state index in [9.17, 15) is 0 Å². The fourth-order valence-electron chi connectivity index (χ4n) is 7.43. The molecule has 7 aromatic carbocycles. The van der Waals surface area contributed by atoms with E-state index < -0.39 is 0 Å². The number of anilines is 3. The Hall–Kier alpha value is -4.78. The van der Waals surface area contributed by atoms with Gasteiger partial charge in [-0.15, -0.1) is 45.3 Å². The van der Waals surface area contributed by atoms with Gasteiger partial charge in [0.2, 0.25) is 0 Å². The molecule has 0 saturated heterocycles. The second kappa shape index (κ2) is 9.86. The van der Waals surface area contributed by atoms with Crippen LogP contribution in [-0.2, 0) is 0 Å². The summed E-state index contributed by atoms with van der Waals surface area (Å²) in [5.41, 5.74) is 3.68. The molecule has 0 aliphatic carbocycles. The Morgan fingerprint density at radius 2 is 0.702 bits per heavy atom. The molecule has 220 valence electrons. The highest BCUT2D eigenvalue weighted by molar-refractivity contribution is 7.30. The number of benzene rings is 7. The fourth-order valence-corrected chi connectivity index (χ4v) is 12.4. The Bertz CT molecular complexity index is 2930. The van der Waals surface area contributed by atoms with E-state index in [0.29, 0.717) is 0 Å². The smallest absolute Gasteiger partial charge is 0.0641 e. The van der Waals surface area contributed by atoms with Crippen molar-refractivity contribution in [3.63, 3.8) is 0 Å². The molecular weight excluding hydrogens is 647 g/mol. The standard InChI is InChI=1S/C42H23NS4/c1-4-19-34-24(10-1)26-13-7-16-31(39(26)45-34)43(32-17-8-14-27-25-11-2-5-20-35(25)46-40(27)32)33-18-9-15-28-29-22-23-37-38(42(29)47-41(28)33)30-12-3-6-21-36(30)44-37/h1-23H. The van der Waals surface area contributed by atoms with Crippen LogP contribution in [0.15, 0.2) is 140 Å². The largest absolute Gasteiger partial charge is 0.306 e. The molecule has 0 atom stereocenters. The fraction of sp³-hybridized carbons (Fsp3) is 0. The predicted molar refractivity (Wildman–Crippen MR) is 213 cm³/mol. The maximum absolute atomic E-state index is 2.57. The molecule has 1 nitrogen and oxygen atoms in total. The monoisotopic (exact) mass is 669 g/mol. The number of hydrogen-bond donors (Lipinski definition) is 0. The van der Waals surface area contributed by atoms with Gasteiger partial charge in [-0.25, -0.2) is 0 Å². The SMILES string of the molecule is c1ccc2c(c1)sc1c(N(c3cccc4c3sc3ccccc34)c3cccc4c3sc3c4ccc4sc5ccccc5c43)cccc12. The van der Waals surface area contributed by atoms with Crippen LogP contribution >= 0.6 is 45.3 Å². The van der Waals surface area contributed by atoms with Gasteiger partial charge < -0.3 is 4.90 Å². The van der Waals surface area contributed by atoms with E-state index in [4.69, 9.17) is 0 Å². The lowest BCUT2D eigenvalue weighted by Gasteiger charge is -2.27. The van der Waals surface area contributed by atoms with Gasteiger partial charge in [-0.3, -0.25) is 0 Å². The summed E-state index contributed by atoms with van der Waals surface area (Å²) in [4.78, 5) is 2.57. The number of hydrogen-bond acceptors (Lipinski definition) is 5. The van der Waals surface area contributed by atoms with E-state index in [1.165, 1.54) is 97.8 Å². The Morgan fingerprint density at radius 1 is 0.277 bits per heavy atom. The summed E-state index contributed by atoms with van der Waals surface area (Å²) in [5.74, 6) is 0. The molecule has 4 aromatic heterocycles. The van der Waals surface area contributed by atoms with Crippen LogP contribution in [0.1, 0.15) is 0 Å². The molecular formula is C42H23NS4. The highest BCUT2D eigenvalue weighted by atomic mass is 32.1. The Kier molecular flexibility index (Phi) is 5.52. The molecule has 0 N–H and O–H groups in total. The lowest BCUT2D eigenvalue weighted by Crippen LogP contribution is -2.10. The topological polar surface area (TPSA) is 3.24 Å². The first-order chi connectivity index (χ1) is 23.3. The highest BCUT2D eigenvalue weighted by Crippen LogP contribution is 2.53. The predicted octanol–water partition coefficient (Wildman–Crippen LogP) is 14.6. The molecule has 5 heteroatoms. The van der Waals surface area contributed by atoms with Gasteiger partial charge in [0.05, 0.1) is 31.2 Å². The lowest BCUT2D eigenvalue weighted by atomic mass is 10.1. The first kappa shape index (κ1) is 26.3. The average molecular weight is 670 g/mol. The minimum atomic E-state index is 1.23. The highest BCUT2D eigenvalue weighted by Gasteiger charge is 2.24. The zero-order valence-corrected chi connectivity index (χ0v) is 28.1. The van der Waals surface area contributed by atoms with Gasteiger partial charge in [0, 0.05) is 66.6 Å². The maximum atomic E-state index is 2.57. The van der Waals surface area contributed by atoms with Gasteiger partial charge in [0.15, 0.2) is 0 Å². The average Bonchev–Trinajstić information content (AvgIpc) is 3.88. The molecule has 11 aromatic rings. The van der Waals surface area contributed by atoms with Crippen molar-refractivity contribution < 1.29 is 0 Å². The summed E-state index contributed by atoms with van der Waals surface area (Å²) >= 11 is 7.64. The van der Waals surface area contributed by atoms with Crippen LogP contribution in [0.5, 0.6) is 0 Å². The van der Waals surface area contributed by atoms with Crippen LogP contribution < -0.4 is 4.90 Å². The van der Waals surface area contributed by atoms with Crippen LogP contribution in [0.3, 0.4) is 0 Å². The summed E-state index contributed by atoms with van der Waals surface area (Å²) in [5, 5.41) is 10.7. The Morgan fingerprint density at radius 3 is 1.28 bits per heavy atom. The number of thiophene rings is 4. The van der Waals surface area contributed by atoms with Gasteiger partial charge in [0.1, 0.15) is 0 Å². The maximum Gasteiger partial charge on any atom is 0.0641 e. The third-order valence-electron chi connectivity index (χ3n) is 9.47. The number of nitrogens with zero attached hydrogens (tertiary/aromatic N) is 1. The van der Waals surface area contributed by atoms with E-state index in [-0.39, 0.29) is 0 Å². The van der Waals surface area contributed by atoms with Crippen molar-refractivity contribution in [1.82, 2.24) is 0 Å². The van der Waals surface area contributed by atoms with Crippen LogP contribution in [0.4, 0.5) is 17.1 Å². The summed E-state index contributed by atoms with van der Waals surface area (Å²) in [6.07, 6.45) is 0. The van der Waals surface area contributed by atoms with Crippen molar-refractivity contribution in [2.24, 2.45) is 0 Å². The van der Waals surface area contributed by atoms with Crippen molar-refractivity contribution in [2.75, 3.05) is 4.90 Å². The number of rotatable bonds is 3. The molecule has 0 saturated carbocycles. The minimum Gasteiger partial charge on any atom is -0.306 e. The molecule has 0 radical (unpaired) electrons. The Labute approximate surface area is 285 Å². The first-order valence-corrected chi connectivity index (χ1v) is 18.9. The molecule has 0 aliphatic rings. The minimum absolute atomic E-state index is 1.23. The van der Waals surface area contributed by atoms with Crippen LogP contribution in [0.25, 0.3) is 80.7 Å². The Balaban J connectivity index is 1.28. The summed E-state index contributed by atoms with van der Waals surface area (Å²) < 4.78 is 10.7. The molecule has 0 unspecified atom stereocenters. The molecule has 0 bridgehead atoms. The van der Waals surface area contributed by atoms with Gasteiger partial charge in [-0.2, -0.15) is 0 Å². The quantitative estimate of drug-likeness (QED) is 0.181. The number of fused-ring (bicyclic) bond motifs is 13. The van der Waals surface area contributed by atoms with Crippen LogP contribution in [-0.4, -0.2) is 0 Å². The van der Waals surface area contributed by atoms with Crippen LogP contribution in [0, 0.1) is 0 Å². The molecule has 0 fully saturated rings. The van der Waals surface area contributed by atoms with Gasteiger partial charge >= 0.3 is 0 Å². The summed E-state index contributed by atoms with van der Waals surface area (Å²) in [6.45, 7) is 0. The van der Waals surface area contributed by atoms with Crippen molar-refractivity contribution in [3.05, 3.63) is 140 Å². The second-order valence-electron chi connectivity index (χ2n) is 12.0. The van der Waals surface area contributed by atoms with Crippen LogP contribution in [0.2, 0.25) is 0 Å². The molecule has 4 heterocycles. The normalized spacial score (nSPS) is 12.3. The van der Waals surface area contributed by atoms with Crippen molar-refractivity contribution in [1.29, 1.82) is 0 Å². The zero-order chi connectivity index (χ0) is 30.6. The van der Waals surface area contributed by atoms with E-state index in [2.05, 4.69) is 144 Å². The van der Waals surface area contributed by atoms with Gasteiger partial charge in [-0.1, -0.05) is 97.1 Å².